The van der Waals surface area contributed by atoms with Gasteiger partial charge in [-0.2, -0.15) is 0 Å². The van der Waals surface area contributed by atoms with Gasteiger partial charge in [0.15, 0.2) is 5.69 Å². The van der Waals surface area contributed by atoms with E-state index in [0.29, 0.717) is 11.7 Å². The van der Waals surface area contributed by atoms with Crippen molar-refractivity contribution in [2.24, 2.45) is 0 Å². The number of carbonyl (C=O) groups is 1. The number of pyridine rings is 1. The van der Waals surface area contributed by atoms with E-state index in [1.54, 1.807) is 7.11 Å². The molecule has 5 heteroatoms. The summed E-state index contributed by atoms with van der Waals surface area (Å²) in [6.45, 7) is 0. The average Bonchev–Trinajstić information content (AvgIpc) is 3.31. The molecular formula is C18H17N3O2. The summed E-state index contributed by atoms with van der Waals surface area (Å²) in [5.41, 5.74) is 2.97. The van der Waals surface area contributed by atoms with Crippen LogP contribution in [0.5, 0.6) is 5.75 Å². The summed E-state index contributed by atoms with van der Waals surface area (Å²) in [6.07, 6.45) is 4.03. The molecule has 2 aromatic heterocycles. The van der Waals surface area contributed by atoms with Crippen LogP contribution in [0.1, 0.15) is 23.3 Å². The van der Waals surface area contributed by atoms with Crippen LogP contribution in [0.25, 0.3) is 16.9 Å². The van der Waals surface area contributed by atoms with Crippen LogP contribution >= 0.6 is 0 Å². The maximum atomic E-state index is 12.6. The SMILES string of the molecule is COc1ccc(-c2c(C(=O)NC3CC3)nc3ccccn23)cc1. The number of hydrogen-bond acceptors (Lipinski definition) is 3. The molecule has 0 atom stereocenters. The third-order valence-electron chi connectivity index (χ3n) is 4.02. The van der Waals surface area contributed by atoms with Gasteiger partial charge < -0.3 is 10.1 Å². The second kappa shape index (κ2) is 5.43. The topological polar surface area (TPSA) is 55.6 Å². The number of methoxy groups -OCH3 is 1. The van der Waals surface area contributed by atoms with Crippen molar-refractivity contribution in [3.05, 3.63) is 54.4 Å². The Balaban J connectivity index is 1.85. The number of benzene rings is 1. The smallest absolute Gasteiger partial charge is 0.272 e. The number of carbonyl (C=O) groups excluding carboxylic acids is 1. The van der Waals surface area contributed by atoms with Gasteiger partial charge in [0, 0.05) is 17.8 Å². The van der Waals surface area contributed by atoms with Gasteiger partial charge in [0.05, 0.1) is 12.8 Å². The lowest BCUT2D eigenvalue weighted by molar-refractivity contribution is 0.0947. The van der Waals surface area contributed by atoms with Crippen LogP contribution in [0.2, 0.25) is 0 Å². The molecular weight excluding hydrogens is 290 g/mol. The maximum Gasteiger partial charge on any atom is 0.272 e. The third-order valence-corrected chi connectivity index (χ3v) is 4.02. The Kier molecular flexibility index (Phi) is 3.26. The van der Waals surface area contributed by atoms with E-state index >= 15 is 0 Å². The first-order valence-corrected chi connectivity index (χ1v) is 7.68. The highest BCUT2D eigenvalue weighted by molar-refractivity contribution is 5.99. The van der Waals surface area contributed by atoms with Gasteiger partial charge in [-0.1, -0.05) is 6.07 Å². The lowest BCUT2D eigenvalue weighted by Crippen LogP contribution is -2.26. The van der Waals surface area contributed by atoms with Crippen LogP contribution in [0.3, 0.4) is 0 Å². The molecule has 116 valence electrons. The minimum Gasteiger partial charge on any atom is -0.497 e. The Hall–Kier alpha value is -2.82. The molecule has 2 heterocycles. The molecule has 4 rings (SSSR count). The van der Waals surface area contributed by atoms with E-state index in [1.165, 1.54) is 0 Å². The van der Waals surface area contributed by atoms with Crippen molar-refractivity contribution in [1.82, 2.24) is 14.7 Å². The quantitative estimate of drug-likeness (QED) is 0.806. The van der Waals surface area contributed by atoms with Gasteiger partial charge in [-0.3, -0.25) is 9.20 Å². The van der Waals surface area contributed by atoms with Gasteiger partial charge in [0.25, 0.3) is 5.91 Å². The fourth-order valence-corrected chi connectivity index (χ4v) is 2.66. The van der Waals surface area contributed by atoms with Crippen molar-refractivity contribution in [3.8, 4) is 17.0 Å². The predicted octanol–water partition coefficient (Wildman–Crippen LogP) is 2.90. The summed E-state index contributed by atoms with van der Waals surface area (Å²) in [4.78, 5) is 17.1. The zero-order chi connectivity index (χ0) is 15.8. The van der Waals surface area contributed by atoms with E-state index in [0.717, 1.165) is 35.5 Å². The molecule has 0 spiro atoms. The first-order valence-electron chi connectivity index (χ1n) is 7.68. The summed E-state index contributed by atoms with van der Waals surface area (Å²) < 4.78 is 7.16. The molecule has 1 fully saturated rings. The number of ether oxygens (including phenoxy) is 1. The van der Waals surface area contributed by atoms with E-state index in [4.69, 9.17) is 4.74 Å². The molecule has 1 aliphatic carbocycles. The number of nitrogens with zero attached hydrogens (tertiary/aromatic N) is 2. The Morgan fingerprint density at radius 2 is 2.00 bits per heavy atom. The number of nitrogens with one attached hydrogen (secondary N) is 1. The zero-order valence-electron chi connectivity index (χ0n) is 12.8. The summed E-state index contributed by atoms with van der Waals surface area (Å²) in [7, 11) is 1.64. The molecule has 1 saturated carbocycles. The Labute approximate surface area is 133 Å². The molecule has 0 radical (unpaired) electrons. The first-order chi connectivity index (χ1) is 11.3. The van der Waals surface area contributed by atoms with E-state index in [9.17, 15) is 4.79 Å². The van der Waals surface area contributed by atoms with Crippen molar-refractivity contribution >= 4 is 11.6 Å². The minimum absolute atomic E-state index is 0.109. The Morgan fingerprint density at radius 3 is 2.70 bits per heavy atom. The normalized spacial score (nSPS) is 14.0. The highest BCUT2D eigenvalue weighted by atomic mass is 16.5. The molecule has 1 amide bonds. The molecule has 1 aliphatic rings. The van der Waals surface area contributed by atoms with Crippen LogP contribution in [-0.4, -0.2) is 28.4 Å². The first kappa shape index (κ1) is 13.8. The van der Waals surface area contributed by atoms with Gasteiger partial charge in [0.2, 0.25) is 0 Å². The highest BCUT2D eigenvalue weighted by Crippen LogP contribution is 2.28. The molecule has 5 nitrogen and oxygen atoms in total. The van der Waals surface area contributed by atoms with Gasteiger partial charge >= 0.3 is 0 Å². The third kappa shape index (κ3) is 2.54. The van der Waals surface area contributed by atoms with E-state index < -0.39 is 0 Å². The van der Waals surface area contributed by atoms with E-state index in [1.807, 2.05) is 53.1 Å². The van der Waals surface area contributed by atoms with Crippen molar-refractivity contribution in [2.45, 2.75) is 18.9 Å². The van der Waals surface area contributed by atoms with Crippen LogP contribution in [-0.2, 0) is 0 Å². The monoisotopic (exact) mass is 307 g/mol. The van der Waals surface area contributed by atoms with E-state index in [2.05, 4.69) is 10.3 Å². The lowest BCUT2D eigenvalue weighted by Gasteiger charge is -2.07. The Bertz CT molecular complexity index is 864. The van der Waals surface area contributed by atoms with Crippen LogP contribution in [0, 0.1) is 0 Å². The number of rotatable bonds is 4. The molecule has 0 bridgehead atoms. The molecule has 0 aliphatic heterocycles. The fraction of sp³-hybridized carbons (Fsp3) is 0.222. The average molecular weight is 307 g/mol. The van der Waals surface area contributed by atoms with Gasteiger partial charge in [0.1, 0.15) is 11.4 Å². The molecule has 3 aromatic rings. The van der Waals surface area contributed by atoms with Crippen LogP contribution < -0.4 is 10.1 Å². The zero-order valence-corrected chi connectivity index (χ0v) is 12.8. The number of imidazole rings is 1. The molecule has 0 unspecified atom stereocenters. The molecule has 1 aromatic carbocycles. The van der Waals surface area contributed by atoms with Crippen molar-refractivity contribution < 1.29 is 9.53 Å². The largest absolute Gasteiger partial charge is 0.497 e. The second-order valence-electron chi connectivity index (χ2n) is 5.71. The minimum atomic E-state index is -0.109. The summed E-state index contributed by atoms with van der Waals surface area (Å²) >= 11 is 0. The standard InChI is InChI=1S/C18H17N3O2/c1-23-14-9-5-12(6-10-14)17-16(18(22)19-13-7-8-13)20-15-4-2-3-11-21(15)17/h2-6,9-11,13H,7-8H2,1H3,(H,19,22). The predicted molar refractivity (Wildman–Crippen MR) is 87.7 cm³/mol. The molecule has 0 saturated heterocycles. The molecule has 23 heavy (non-hydrogen) atoms. The second-order valence-corrected chi connectivity index (χ2v) is 5.71. The highest BCUT2D eigenvalue weighted by Gasteiger charge is 2.27. The number of amides is 1. The summed E-state index contributed by atoms with van der Waals surface area (Å²) in [5.74, 6) is 0.675. The van der Waals surface area contributed by atoms with Crippen molar-refractivity contribution in [1.29, 1.82) is 0 Å². The van der Waals surface area contributed by atoms with Gasteiger partial charge in [-0.25, -0.2) is 4.98 Å². The lowest BCUT2D eigenvalue weighted by atomic mass is 10.1. The number of fused-ring (bicyclic) bond motifs is 1. The van der Waals surface area contributed by atoms with Gasteiger partial charge in [-0.05, 0) is 49.2 Å². The summed E-state index contributed by atoms with van der Waals surface area (Å²) in [5, 5.41) is 3.02. The van der Waals surface area contributed by atoms with Crippen LogP contribution in [0.15, 0.2) is 48.7 Å². The number of aromatic nitrogens is 2. The maximum absolute atomic E-state index is 12.6. The van der Waals surface area contributed by atoms with E-state index in [-0.39, 0.29) is 5.91 Å². The summed E-state index contributed by atoms with van der Waals surface area (Å²) in [6, 6.07) is 13.7. The van der Waals surface area contributed by atoms with Crippen molar-refractivity contribution in [3.63, 3.8) is 0 Å². The molecule has 1 N–H and O–H groups in total. The Morgan fingerprint density at radius 1 is 1.22 bits per heavy atom. The number of hydrogen-bond donors (Lipinski definition) is 1. The fourth-order valence-electron chi connectivity index (χ4n) is 2.66. The van der Waals surface area contributed by atoms with Gasteiger partial charge in [-0.15, -0.1) is 0 Å². The van der Waals surface area contributed by atoms with Crippen molar-refractivity contribution in [2.75, 3.05) is 7.11 Å². The van der Waals surface area contributed by atoms with Crippen LogP contribution in [0.4, 0.5) is 0 Å².